The summed E-state index contributed by atoms with van der Waals surface area (Å²) in [5.74, 6) is -0.558. The number of hydrogen-bond acceptors (Lipinski definition) is 4. The number of rotatable bonds is 5. The van der Waals surface area contributed by atoms with Gasteiger partial charge < -0.3 is 10.6 Å². The highest BCUT2D eigenvalue weighted by molar-refractivity contribution is 7.14. The van der Waals surface area contributed by atoms with E-state index in [2.05, 4.69) is 10.6 Å². The van der Waals surface area contributed by atoms with Crippen molar-refractivity contribution in [2.24, 2.45) is 0 Å². The van der Waals surface area contributed by atoms with Gasteiger partial charge in [0.2, 0.25) is 0 Å². The summed E-state index contributed by atoms with van der Waals surface area (Å²) in [5, 5.41) is 14.2. The molecule has 0 saturated carbocycles. The number of amides is 3. The molecule has 2 aromatic rings. The standard InChI is InChI=1S/C15H17N3O3S/c1-10(12-7-8-13(22-12)14(19)18-21)17-15(20)16-9-11-5-3-2-4-6-11/h2-8,10,21H,9H2,1H3,(H,18,19)(H2,16,17,20). The van der Waals surface area contributed by atoms with Crippen LogP contribution in [0.2, 0.25) is 0 Å². The van der Waals surface area contributed by atoms with Gasteiger partial charge in [-0.3, -0.25) is 10.0 Å². The third-order valence-corrected chi connectivity index (χ3v) is 4.29. The highest BCUT2D eigenvalue weighted by Crippen LogP contribution is 2.22. The zero-order valence-electron chi connectivity index (χ0n) is 12.0. The Hall–Kier alpha value is -2.38. The predicted octanol–water partition coefficient (Wildman–Crippen LogP) is 2.43. The van der Waals surface area contributed by atoms with Crippen molar-refractivity contribution in [2.45, 2.75) is 19.5 Å². The Kier molecular flexibility index (Phi) is 5.51. The van der Waals surface area contributed by atoms with Crippen molar-refractivity contribution in [3.63, 3.8) is 0 Å². The molecule has 0 spiro atoms. The lowest BCUT2D eigenvalue weighted by Crippen LogP contribution is -2.36. The van der Waals surface area contributed by atoms with Crippen LogP contribution in [0, 0.1) is 0 Å². The van der Waals surface area contributed by atoms with Crippen molar-refractivity contribution in [1.29, 1.82) is 0 Å². The summed E-state index contributed by atoms with van der Waals surface area (Å²) in [6, 6.07) is 12.4. The van der Waals surface area contributed by atoms with E-state index in [0.29, 0.717) is 11.4 Å². The number of urea groups is 1. The molecule has 0 radical (unpaired) electrons. The van der Waals surface area contributed by atoms with E-state index in [9.17, 15) is 9.59 Å². The summed E-state index contributed by atoms with van der Waals surface area (Å²) in [5.41, 5.74) is 2.60. The summed E-state index contributed by atoms with van der Waals surface area (Å²) in [4.78, 5) is 24.4. The number of thiophene rings is 1. The second kappa shape index (κ2) is 7.58. The minimum Gasteiger partial charge on any atom is -0.334 e. The van der Waals surface area contributed by atoms with Gasteiger partial charge in [-0.2, -0.15) is 0 Å². The van der Waals surface area contributed by atoms with E-state index in [1.165, 1.54) is 11.3 Å². The lowest BCUT2D eigenvalue weighted by atomic mass is 10.2. The summed E-state index contributed by atoms with van der Waals surface area (Å²) in [6.07, 6.45) is 0. The monoisotopic (exact) mass is 319 g/mol. The topological polar surface area (TPSA) is 90.5 Å². The first kappa shape index (κ1) is 16.0. The molecule has 6 nitrogen and oxygen atoms in total. The molecule has 1 aromatic carbocycles. The lowest BCUT2D eigenvalue weighted by Gasteiger charge is -2.13. The van der Waals surface area contributed by atoms with Gasteiger partial charge in [-0.25, -0.2) is 10.3 Å². The van der Waals surface area contributed by atoms with E-state index in [1.54, 1.807) is 17.6 Å². The molecule has 1 atom stereocenters. The molecule has 116 valence electrons. The van der Waals surface area contributed by atoms with Crippen LogP contribution in [0.3, 0.4) is 0 Å². The van der Waals surface area contributed by atoms with Gasteiger partial charge in [0.1, 0.15) is 0 Å². The Labute approximate surface area is 132 Å². The average Bonchev–Trinajstić information content (AvgIpc) is 3.03. The molecule has 0 fully saturated rings. The maximum atomic E-state index is 11.9. The molecule has 0 aliphatic rings. The van der Waals surface area contributed by atoms with Gasteiger partial charge in [-0.1, -0.05) is 30.3 Å². The molecule has 0 saturated heterocycles. The molecule has 1 heterocycles. The van der Waals surface area contributed by atoms with Crippen LogP contribution in [0.5, 0.6) is 0 Å². The molecular weight excluding hydrogens is 302 g/mol. The fraction of sp³-hybridized carbons (Fsp3) is 0.200. The van der Waals surface area contributed by atoms with Crippen LogP contribution in [0.4, 0.5) is 4.79 Å². The van der Waals surface area contributed by atoms with Gasteiger partial charge in [0.15, 0.2) is 0 Å². The van der Waals surface area contributed by atoms with Gasteiger partial charge >= 0.3 is 6.03 Å². The van der Waals surface area contributed by atoms with Gasteiger partial charge in [0.05, 0.1) is 10.9 Å². The summed E-state index contributed by atoms with van der Waals surface area (Å²) >= 11 is 1.22. The first-order valence-corrected chi connectivity index (χ1v) is 7.54. The Morgan fingerprint density at radius 3 is 2.59 bits per heavy atom. The molecule has 7 heteroatoms. The molecule has 0 aliphatic carbocycles. The first-order chi connectivity index (χ1) is 10.6. The fourth-order valence-electron chi connectivity index (χ4n) is 1.86. The van der Waals surface area contributed by atoms with Crippen LogP contribution in [0.15, 0.2) is 42.5 Å². The third kappa shape index (κ3) is 4.31. The highest BCUT2D eigenvalue weighted by atomic mass is 32.1. The molecule has 2 rings (SSSR count). The van der Waals surface area contributed by atoms with Crippen LogP contribution in [0.1, 0.15) is 33.1 Å². The van der Waals surface area contributed by atoms with Crippen LogP contribution in [-0.4, -0.2) is 17.1 Å². The Morgan fingerprint density at radius 2 is 1.91 bits per heavy atom. The smallest absolute Gasteiger partial charge is 0.315 e. The van der Waals surface area contributed by atoms with Crippen molar-refractivity contribution in [3.8, 4) is 0 Å². The highest BCUT2D eigenvalue weighted by Gasteiger charge is 2.14. The minimum absolute atomic E-state index is 0.235. The van der Waals surface area contributed by atoms with Gasteiger partial charge in [-0.15, -0.1) is 11.3 Å². The third-order valence-electron chi connectivity index (χ3n) is 3.02. The van der Waals surface area contributed by atoms with Crippen molar-refractivity contribution in [2.75, 3.05) is 0 Å². The van der Waals surface area contributed by atoms with Crippen LogP contribution in [-0.2, 0) is 6.54 Å². The molecule has 4 N–H and O–H groups in total. The normalized spacial score (nSPS) is 11.5. The Balaban J connectivity index is 1.85. The quantitative estimate of drug-likeness (QED) is 0.504. The molecule has 1 unspecified atom stereocenters. The molecule has 0 bridgehead atoms. The second-order valence-corrected chi connectivity index (χ2v) is 5.79. The number of benzene rings is 1. The number of hydroxylamine groups is 1. The minimum atomic E-state index is -0.558. The van der Waals surface area contributed by atoms with Gasteiger partial charge in [-0.05, 0) is 24.6 Å². The van der Waals surface area contributed by atoms with Gasteiger partial charge in [0, 0.05) is 11.4 Å². The Bertz CT molecular complexity index is 642. The van der Waals surface area contributed by atoms with E-state index < -0.39 is 5.91 Å². The molecule has 3 amide bonds. The summed E-state index contributed by atoms with van der Waals surface area (Å²) in [7, 11) is 0. The zero-order chi connectivity index (χ0) is 15.9. The number of hydrogen-bond donors (Lipinski definition) is 4. The van der Waals surface area contributed by atoms with E-state index in [-0.39, 0.29) is 12.1 Å². The molecule has 0 aliphatic heterocycles. The summed E-state index contributed by atoms with van der Waals surface area (Å²) in [6.45, 7) is 2.27. The summed E-state index contributed by atoms with van der Waals surface area (Å²) < 4.78 is 0. The van der Waals surface area contributed by atoms with Crippen molar-refractivity contribution in [1.82, 2.24) is 16.1 Å². The molecular formula is C15H17N3O3S. The van der Waals surface area contributed by atoms with Crippen molar-refractivity contribution in [3.05, 3.63) is 57.8 Å². The lowest BCUT2D eigenvalue weighted by molar-refractivity contribution is 0.0711. The van der Waals surface area contributed by atoms with Crippen LogP contribution < -0.4 is 16.1 Å². The average molecular weight is 319 g/mol. The number of carbonyl (C=O) groups excluding carboxylic acids is 2. The molecule has 22 heavy (non-hydrogen) atoms. The largest absolute Gasteiger partial charge is 0.334 e. The number of nitrogens with one attached hydrogen (secondary N) is 3. The molecule has 1 aromatic heterocycles. The second-order valence-electron chi connectivity index (χ2n) is 4.68. The van der Waals surface area contributed by atoms with E-state index in [4.69, 9.17) is 5.21 Å². The van der Waals surface area contributed by atoms with Crippen molar-refractivity contribution >= 4 is 23.3 Å². The van der Waals surface area contributed by atoms with E-state index in [1.807, 2.05) is 37.3 Å². The zero-order valence-corrected chi connectivity index (χ0v) is 12.8. The van der Waals surface area contributed by atoms with Gasteiger partial charge in [0.25, 0.3) is 5.91 Å². The van der Waals surface area contributed by atoms with E-state index >= 15 is 0 Å². The maximum absolute atomic E-state index is 11.9. The number of carbonyl (C=O) groups is 2. The maximum Gasteiger partial charge on any atom is 0.315 e. The predicted molar refractivity (Wildman–Crippen MR) is 83.8 cm³/mol. The SMILES string of the molecule is CC(NC(=O)NCc1ccccc1)c1ccc(C(=O)NO)s1. The first-order valence-electron chi connectivity index (χ1n) is 6.72. The van der Waals surface area contributed by atoms with Crippen molar-refractivity contribution < 1.29 is 14.8 Å². The van der Waals surface area contributed by atoms with Crippen LogP contribution in [0.25, 0.3) is 0 Å². The Morgan fingerprint density at radius 1 is 1.18 bits per heavy atom. The fourth-order valence-corrected chi connectivity index (χ4v) is 2.76. The van der Waals surface area contributed by atoms with Crippen LogP contribution >= 0.6 is 11.3 Å². The van der Waals surface area contributed by atoms with E-state index in [0.717, 1.165) is 10.4 Å².